The average molecular weight is 449 g/mol. The molecule has 34 heavy (non-hydrogen) atoms. The van der Waals surface area contributed by atoms with E-state index in [0.29, 0.717) is 27.9 Å². The highest BCUT2D eigenvalue weighted by atomic mass is 16.2. The SMILES string of the molecule is CN1C(=O)C(CNC(=O)c2ccc(C#N)cc2)(NC(=O)c2ccc(C#N)cc2)c2ccccc21. The molecule has 0 fully saturated rings. The van der Waals surface area contributed by atoms with Crippen LogP contribution in [0.2, 0.25) is 0 Å². The molecule has 8 nitrogen and oxygen atoms in total. The zero-order valence-corrected chi connectivity index (χ0v) is 18.2. The van der Waals surface area contributed by atoms with Gasteiger partial charge in [0.2, 0.25) is 0 Å². The van der Waals surface area contributed by atoms with Crippen LogP contribution in [0.5, 0.6) is 0 Å². The summed E-state index contributed by atoms with van der Waals surface area (Å²) in [6.07, 6.45) is 0. The van der Waals surface area contributed by atoms with Crippen LogP contribution in [0.15, 0.2) is 72.8 Å². The van der Waals surface area contributed by atoms with Gasteiger partial charge in [-0.25, -0.2) is 0 Å². The van der Waals surface area contributed by atoms with E-state index in [1.165, 1.54) is 53.4 Å². The first-order valence-corrected chi connectivity index (χ1v) is 10.4. The third-order valence-corrected chi connectivity index (χ3v) is 5.79. The largest absolute Gasteiger partial charge is 0.349 e. The van der Waals surface area contributed by atoms with Crippen LogP contribution < -0.4 is 15.5 Å². The van der Waals surface area contributed by atoms with Crippen molar-refractivity contribution in [2.75, 3.05) is 18.5 Å². The summed E-state index contributed by atoms with van der Waals surface area (Å²) < 4.78 is 0. The summed E-state index contributed by atoms with van der Waals surface area (Å²) in [6, 6.07) is 23.2. The number of benzene rings is 3. The number of nitriles is 2. The summed E-state index contributed by atoms with van der Waals surface area (Å²) in [4.78, 5) is 40.9. The third-order valence-electron chi connectivity index (χ3n) is 5.79. The molecule has 1 heterocycles. The molecular formula is C26H19N5O3. The molecule has 0 aliphatic carbocycles. The van der Waals surface area contributed by atoms with Gasteiger partial charge in [0.25, 0.3) is 17.7 Å². The Hall–Kier alpha value is -4.95. The Kier molecular flexibility index (Phi) is 5.82. The highest BCUT2D eigenvalue weighted by molar-refractivity contribution is 6.11. The van der Waals surface area contributed by atoms with Crippen LogP contribution in [-0.4, -0.2) is 31.3 Å². The lowest BCUT2D eigenvalue weighted by molar-refractivity contribution is -0.123. The second kappa shape index (κ2) is 8.89. The van der Waals surface area contributed by atoms with Crippen LogP contribution in [0.1, 0.15) is 37.4 Å². The summed E-state index contributed by atoms with van der Waals surface area (Å²) in [6.45, 7) is -0.186. The fourth-order valence-corrected chi connectivity index (χ4v) is 3.95. The fraction of sp³-hybridized carbons (Fsp3) is 0.115. The molecule has 1 atom stereocenters. The first-order valence-electron chi connectivity index (χ1n) is 10.4. The molecule has 8 heteroatoms. The smallest absolute Gasteiger partial charge is 0.259 e. The monoisotopic (exact) mass is 449 g/mol. The van der Waals surface area contributed by atoms with E-state index < -0.39 is 23.3 Å². The quantitative estimate of drug-likeness (QED) is 0.619. The van der Waals surface area contributed by atoms with Gasteiger partial charge < -0.3 is 15.5 Å². The lowest BCUT2D eigenvalue weighted by Gasteiger charge is -2.30. The van der Waals surface area contributed by atoms with Gasteiger partial charge in [0, 0.05) is 29.4 Å². The van der Waals surface area contributed by atoms with Gasteiger partial charge in [-0.2, -0.15) is 10.5 Å². The number of rotatable bonds is 5. The van der Waals surface area contributed by atoms with Crippen molar-refractivity contribution in [2.24, 2.45) is 0 Å². The number of carbonyl (C=O) groups is 3. The van der Waals surface area contributed by atoms with E-state index in [0.717, 1.165) is 0 Å². The van der Waals surface area contributed by atoms with Crippen molar-refractivity contribution in [1.29, 1.82) is 10.5 Å². The number of hydrogen-bond acceptors (Lipinski definition) is 5. The summed E-state index contributed by atoms with van der Waals surface area (Å²) >= 11 is 0. The van der Waals surface area contributed by atoms with Crippen LogP contribution in [0.3, 0.4) is 0 Å². The lowest BCUT2D eigenvalue weighted by Crippen LogP contribution is -2.58. The molecular weight excluding hydrogens is 430 g/mol. The molecule has 2 N–H and O–H groups in total. The molecule has 0 saturated heterocycles. The van der Waals surface area contributed by atoms with E-state index in [1.54, 1.807) is 31.3 Å². The molecule has 1 aliphatic rings. The molecule has 166 valence electrons. The molecule has 0 spiro atoms. The number of nitrogens with zero attached hydrogens (tertiary/aromatic N) is 3. The molecule has 3 aromatic rings. The van der Waals surface area contributed by atoms with Crippen LogP contribution in [0.25, 0.3) is 0 Å². The number of para-hydroxylation sites is 1. The maximum atomic E-state index is 13.5. The van der Waals surface area contributed by atoms with Gasteiger partial charge >= 0.3 is 0 Å². The van der Waals surface area contributed by atoms with Gasteiger partial charge in [0.1, 0.15) is 0 Å². The predicted molar refractivity (Wildman–Crippen MR) is 124 cm³/mol. The van der Waals surface area contributed by atoms with Crippen molar-refractivity contribution in [3.05, 3.63) is 101 Å². The van der Waals surface area contributed by atoms with Gasteiger partial charge in [-0.15, -0.1) is 0 Å². The van der Waals surface area contributed by atoms with Crippen LogP contribution in [0.4, 0.5) is 5.69 Å². The minimum Gasteiger partial charge on any atom is -0.349 e. The molecule has 3 aromatic carbocycles. The lowest BCUT2D eigenvalue weighted by atomic mass is 9.90. The van der Waals surface area contributed by atoms with Crippen LogP contribution in [-0.2, 0) is 10.3 Å². The summed E-state index contributed by atoms with van der Waals surface area (Å²) in [5.74, 6) is -1.36. The second-order valence-electron chi connectivity index (χ2n) is 7.80. The Balaban J connectivity index is 1.67. The zero-order chi connectivity index (χ0) is 24.3. The first-order chi connectivity index (χ1) is 16.4. The third kappa shape index (κ3) is 3.85. The first kappa shape index (κ1) is 22.3. The minimum absolute atomic E-state index is 0.186. The Labute approximate surface area is 196 Å². The Morgan fingerprint density at radius 2 is 1.38 bits per heavy atom. The number of likely N-dealkylation sites (N-methyl/N-ethyl adjacent to an activating group) is 1. The molecule has 1 aliphatic heterocycles. The maximum absolute atomic E-state index is 13.5. The summed E-state index contributed by atoms with van der Waals surface area (Å²) in [5, 5.41) is 23.5. The molecule has 4 rings (SSSR count). The highest BCUT2D eigenvalue weighted by Crippen LogP contribution is 2.39. The average Bonchev–Trinajstić information content (AvgIpc) is 3.09. The van der Waals surface area contributed by atoms with Gasteiger partial charge in [-0.1, -0.05) is 18.2 Å². The Bertz CT molecular complexity index is 1370. The molecule has 3 amide bonds. The van der Waals surface area contributed by atoms with Crippen LogP contribution >= 0.6 is 0 Å². The minimum atomic E-state index is -1.53. The van der Waals surface area contributed by atoms with E-state index in [9.17, 15) is 14.4 Å². The predicted octanol–water partition coefficient (Wildman–Crippen LogP) is 2.46. The van der Waals surface area contributed by atoms with Gasteiger partial charge in [0.15, 0.2) is 5.54 Å². The van der Waals surface area contributed by atoms with E-state index in [4.69, 9.17) is 10.5 Å². The Morgan fingerprint density at radius 3 is 1.94 bits per heavy atom. The van der Waals surface area contributed by atoms with Crippen molar-refractivity contribution in [2.45, 2.75) is 5.54 Å². The molecule has 1 unspecified atom stereocenters. The molecule has 0 bridgehead atoms. The second-order valence-corrected chi connectivity index (χ2v) is 7.80. The standard InChI is InChI=1S/C26H19N5O3/c1-31-22-5-3-2-4-21(22)26(25(31)34,30-24(33)20-12-8-18(15-28)9-13-20)16-29-23(32)19-10-6-17(14-27)7-11-19/h2-13H,16H2,1H3,(H,29,32)(H,30,33). The maximum Gasteiger partial charge on any atom is 0.259 e. The number of nitrogens with one attached hydrogen (secondary N) is 2. The fourth-order valence-electron chi connectivity index (χ4n) is 3.95. The van der Waals surface area contributed by atoms with Gasteiger partial charge in [0.05, 0.1) is 29.8 Å². The van der Waals surface area contributed by atoms with E-state index >= 15 is 0 Å². The number of anilines is 1. The van der Waals surface area contributed by atoms with E-state index in [-0.39, 0.29) is 12.1 Å². The number of amides is 3. The van der Waals surface area contributed by atoms with E-state index in [1.807, 2.05) is 12.1 Å². The van der Waals surface area contributed by atoms with Crippen molar-refractivity contribution >= 4 is 23.4 Å². The van der Waals surface area contributed by atoms with Crippen molar-refractivity contribution in [3.63, 3.8) is 0 Å². The van der Waals surface area contributed by atoms with Crippen molar-refractivity contribution in [3.8, 4) is 12.1 Å². The molecule has 0 radical (unpaired) electrons. The zero-order valence-electron chi connectivity index (χ0n) is 18.2. The highest BCUT2D eigenvalue weighted by Gasteiger charge is 2.51. The summed E-state index contributed by atoms with van der Waals surface area (Å²) in [7, 11) is 1.61. The Morgan fingerprint density at radius 1 is 0.853 bits per heavy atom. The van der Waals surface area contributed by atoms with Crippen LogP contribution in [0, 0.1) is 22.7 Å². The van der Waals surface area contributed by atoms with Gasteiger partial charge in [-0.3, -0.25) is 14.4 Å². The summed E-state index contributed by atoms with van der Waals surface area (Å²) in [5.41, 5.74) is 1.08. The number of carbonyl (C=O) groups excluding carboxylic acids is 3. The normalized spacial score (nSPS) is 16.2. The topological polar surface area (TPSA) is 126 Å². The van der Waals surface area contributed by atoms with Gasteiger partial charge in [-0.05, 0) is 54.6 Å². The number of hydrogen-bond donors (Lipinski definition) is 2. The van der Waals surface area contributed by atoms with Crippen molar-refractivity contribution in [1.82, 2.24) is 10.6 Å². The molecule has 0 saturated carbocycles. The van der Waals surface area contributed by atoms with Crippen molar-refractivity contribution < 1.29 is 14.4 Å². The number of fused-ring (bicyclic) bond motifs is 1. The van der Waals surface area contributed by atoms with E-state index in [2.05, 4.69) is 10.6 Å². The molecule has 0 aromatic heterocycles.